The van der Waals surface area contributed by atoms with Gasteiger partial charge in [-0.1, -0.05) is 6.07 Å². The van der Waals surface area contributed by atoms with Crippen LogP contribution in [0, 0.1) is 0 Å². The number of nitrogens with one attached hydrogen (secondary N) is 2. The van der Waals surface area contributed by atoms with Crippen LogP contribution in [0.3, 0.4) is 0 Å². The zero-order chi connectivity index (χ0) is 22.1. The lowest BCUT2D eigenvalue weighted by Gasteiger charge is -2.07. The van der Waals surface area contributed by atoms with Gasteiger partial charge in [-0.05, 0) is 47.8 Å². The number of amides is 2. The second-order valence-electron chi connectivity index (χ2n) is 6.96. The van der Waals surface area contributed by atoms with Crippen LogP contribution in [0.15, 0.2) is 72.5 Å². The molecule has 0 radical (unpaired) electrons. The molecular formula is C22H17N7O2S. The average Bonchev–Trinajstić information content (AvgIpc) is 3.55. The van der Waals surface area contributed by atoms with E-state index in [1.165, 1.54) is 6.20 Å². The molecule has 0 unspecified atom stereocenters. The minimum Gasteiger partial charge on any atom is -0.322 e. The molecule has 0 aliphatic heterocycles. The molecule has 0 spiro atoms. The van der Waals surface area contributed by atoms with Gasteiger partial charge in [0.25, 0.3) is 11.8 Å². The molecule has 5 rings (SSSR count). The third-order valence-corrected chi connectivity index (χ3v) is 5.66. The van der Waals surface area contributed by atoms with Crippen LogP contribution >= 0.6 is 11.3 Å². The number of anilines is 2. The quantitative estimate of drug-likeness (QED) is 0.431. The summed E-state index contributed by atoms with van der Waals surface area (Å²) in [4.78, 5) is 30.4. The second kappa shape index (κ2) is 8.08. The van der Waals surface area contributed by atoms with Crippen LogP contribution in [-0.4, -0.2) is 36.2 Å². The van der Waals surface area contributed by atoms with Gasteiger partial charge in [0.15, 0.2) is 11.3 Å². The predicted octanol–water partition coefficient (Wildman–Crippen LogP) is 3.70. The van der Waals surface area contributed by atoms with Crippen LogP contribution in [0.5, 0.6) is 0 Å². The van der Waals surface area contributed by atoms with Gasteiger partial charge in [0, 0.05) is 30.8 Å². The molecule has 4 heterocycles. The SMILES string of the molecule is Cn1ccc(C(=O)Nc2ccc(NC(=O)c3cnn4c(-c5cccs5)ccnc34)cc2)n1. The molecular weight excluding hydrogens is 426 g/mol. The summed E-state index contributed by atoms with van der Waals surface area (Å²) in [6.45, 7) is 0. The van der Waals surface area contributed by atoms with E-state index in [1.807, 2.05) is 23.6 Å². The first-order chi connectivity index (χ1) is 15.6. The Hall–Kier alpha value is -4.31. The summed E-state index contributed by atoms with van der Waals surface area (Å²) in [6, 6.07) is 14.3. The summed E-state index contributed by atoms with van der Waals surface area (Å²) in [6.07, 6.45) is 4.88. The van der Waals surface area contributed by atoms with Crippen molar-refractivity contribution in [1.29, 1.82) is 0 Å². The van der Waals surface area contributed by atoms with Crippen molar-refractivity contribution in [2.24, 2.45) is 7.05 Å². The molecule has 0 aliphatic rings. The van der Waals surface area contributed by atoms with Crippen molar-refractivity contribution < 1.29 is 9.59 Å². The lowest BCUT2D eigenvalue weighted by atomic mass is 10.2. The standard InChI is InChI=1S/C22H17N7O2S/c1-28-11-9-17(27-28)22(31)26-15-6-4-14(5-7-15)25-21(30)16-13-24-29-18(8-10-23-20(16)29)19-3-2-12-32-19/h2-13H,1H3,(H,25,30)(H,26,31). The maximum absolute atomic E-state index is 12.9. The van der Waals surface area contributed by atoms with Crippen LogP contribution in [0.4, 0.5) is 11.4 Å². The number of fused-ring (bicyclic) bond motifs is 1. The lowest BCUT2D eigenvalue weighted by molar-refractivity contribution is 0.101. The summed E-state index contributed by atoms with van der Waals surface area (Å²) in [7, 11) is 1.75. The average molecular weight is 443 g/mol. The molecule has 0 saturated heterocycles. The molecule has 10 heteroatoms. The van der Waals surface area contributed by atoms with Crippen molar-refractivity contribution in [3.8, 4) is 10.6 Å². The van der Waals surface area contributed by atoms with Crippen molar-refractivity contribution in [2.45, 2.75) is 0 Å². The summed E-state index contributed by atoms with van der Waals surface area (Å²) in [5.41, 5.74) is 3.23. The van der Waals surface area contributed by atoms with E-state index >= 15 is 0 Å². The number of carbonyl (C=O) groups is 2. The van der Waals surface area contributed by atoms with Crippen LogP contribution in [-0.2, 0) is 7.05 Å². The van der Waals surface area contributed by atoms with Crippen molar-refractivity contribution in [3.05, 3.63) is 83.8 Å². The molecule has 0 atom stereocenters. The molecule has 0 fully saturated rings. The van der Waals surface area contributed by atoms with Crippen molar-refractivity contribution >= 4 is 40.2 Å². The van der Waals surface area contributed by atoms with Gasteiger partial charge < -0.3 is 10.6 Å². The van der Waals surface area contributed by atoms with Crippen LogP contribution in [0.2, 0.25) is 0 Å². The number of aryl methyl sites for hydroxylation is 1. The molecule has 0 bridgehead atoms. The minimum absolute atomic E-state index is 0.304. The minimum atomic E-state index is -0.318. The fourth-order valence-corrected chi connectivity index (χ4v) is 3.97. The largest absolute Gasteiger partial charge is 0.322 e. The van der Waals surface area contributed by atoms with Gasteiger partial charge in [0.05, 0.1) is 16.8 Å². The van der Waals surface area contributed by atoms with Gasteiger partial charge in [-0.15, -0.1) is 11.3 Å². The number of aromatic nitrogens is 5. The van der Waals surface area contributed by atoms with E-state index in [4.69, 9.17) is 0 Å². The summed E-state index contributed by atoms with van der Waals surface area (Å²) in [5, 5.41) is 16.0. The Labute approximate surface area is 186 Å². The van der Waals surface area contributed by atoms with E-state index < -0.39 is 0 Å². The van der Waals surface area contributed by atoms with Gasteiger partial charge in [-0.3, -0.25) is 14.3 Å². The van der Waals surface area contributed by atoms with E-state index in [9.17, 15) is 9.59 Å². The third kappa shape index (κ3) is 3.74. The van der Waals surface area contributed by atoms with Crippen molar-refractivity contribution in [2.75, 3.05) is 10.6 Å². The fourth-order valence-electron chi connectivity index (χ4n) is 3.23. The Morgan fingerprint density at radius 1 is 0.969 bits per heavy atom. The van der Waals surface area contributed by atoms with E-state index in [0.29, 0.717) is 28.3 Å². The highest BCUT2D eigenvalue weighted by atomic mass is 32.1. The first-order valence-corrected chi connectivity index (χ1v) is 10.6. The summed E-state index contributed by atoms with van der Waals surface area (Å²) < 4.78 is 3.23. The smallest absolute Gasteiger partial charge is 0.276 e. The number of hydrogen-bond donors (Lipinski definition) is 2. The highest BCUT2D eigenvalue weighted by molar-refractivity contribution is 7.13. The van der Waals surface area contributed by atoms with Crippen LogP contribution in [0.1, 0.15) is 20.8 Å². The monoisotopic (exact) mass is 443 g/mol. The zero-order valence-electron chi connectivity index (χ0n) is 16.9. The maximum atomic E-state index is 12.9. The third-order valence-electron chi connectivity index (χ3n) is 4.77. The first-order valence-electron chi connectivity index (χ1n) is 9.67. The van der Waals surface area contributed by atoms with Gasteiger partial charge in [-0.25, -0.2) is 9.50 Å². The molecule has 0 saturated carbocycles. The molecule has 4 aromatic heterocycles. The van der Waals surface area contributed by atoms with Crippen molar-refractivity contribution in [1.82, 2.24) is 24.4 Å². The highest BCUT2D eigenvalue weighted by Crippen LogP contribution is 2.25. The molecule has 5 aromatic rings. The van der Waals surface area contributed by atoms with Crippen molar-refractivity contribution in [3.63, 3.8) is 0 Å². The number of thiophene rings is 1. The molecule has 0 aliphatic carbocycles. The number of carbonyl (C=O) groups excluding carboxylic acids is 2. The first kappa shape index (κ1) is 19.6. The van der Waals surface area contributed by atoms with Gasteiger partial charge in [0.2, 0.25) is 0 Å². The Morgan fingerprint density at radius 3 is 2.38 bits per heavy atom. The fraction of sp³-hybridized carbons (Fsp3) is 0.0455. The lowest BCUT2D eigenvalue weighted by Crippen LogP contribution is -2.14. The van der Waals surface area contributed by atoms with Gasteiger partial charge >= 0.3 is 0 Å². The zero-order valence-corrected chi connectivity index (χ0v) is 17.7. The number of hydrogen-bond acceptors (Lipinski definition) is 6. The molecule has 32 heavy (non-hydrogen) atoms. The van der Waals surface area contributed by atoms with Crippen LogP contribution < -0.4 is 10.6 Å². The predicted molar refractivity (Wildman–Crippen MR) is 122 cm³/mol. The normalized spacial score (nSPS) is 10.9. The number of rotatable bonds is 5. The molecule has 2 amide bonds. The molecule has 9 nitrogen and oxygen atoms in total. The summed E-state index contributed by atoms with van der Waals surface area (Å²) >= 11 is 1.59. The Balaban J connectivity index is 1.31. The van der Waals surface area contributed by atoms with E-state index in [-0.39, 0.29) is 11.8 Å². The highest BCUT2D eigenvalue weighted by Gasteiger charge is 2.17. The second-order valence-corrected chi connectivity index (χ2v) is 7.91. The number of nitrogens with zero attached hydrogens (tertiary/aromatic N) is 5. The van der Waals surface area contributed by atoms with Gasteiger partial charge in [0.1, 0.15) is 5.56 Å². The van der Waals surface area contributed by atoms with E-state index in [1.54, 1.807) is 70.3 Å². The molecule has 1 aromatic carbocycles. The van der Waals surface area contributed by atoms with Gasteiger partial charge in [-0.2, -0.15) is 10.2 Å². The van der Waals surface area contributed by atoms with E-state index in [0.717, 1.165) is 10.6 Å². The summed E-state index contributed by atoms with van der Waals surface area (Å²) in [5.74, 6) is -0.623. The Kier molecular flexibility index (Phi) is 4.96. The number of benzene rings is 1. The van der Waals surface area contributed by atoms with Crippen LogP contribution in [0.25, 0.3) is 16.2 Å². The Bertz CT molecular complexity index is 1420. The maximum Gasteiger partial charge on any atom is 0.276 e. The topological polar surface area (TPSA) is 106 Å². The molecule has 2 N–H and O–H groups in total. The Morgan fingerprint density at radius 2 is 1.72 bits per heavy atom. The molecule has 158 valence electrons. The van der Waals surface area contributed by atoms with E-state index in [2.05, 4.69) is 25.8 Å².